The molecule has 2 heterocycles. The Morgan fingerprint density at radius 3 is 1.00 bits per heavy atom. The largest absolute Gasteiger partial charge is 0.545 e. The summed E-state index contributed by atoms with van der Waals surface area (Å²) in [6, 6.07) is 8.99. The van der Waals surface area contributed by atoms with Crippen molar-refractivity contribution < 1.29 is 51.2 Å². The molecule has 16 heteroatoms. The Balaban J connectivity index is 0. The smallest absolute Gasteiger partial charge is 0.269 e. The standard InChI is InChI=1S/2C7H5NO4.2C4H10N2.2H2O/c2*9-7(10)5-1-3-6(4-2-5)8(11)12;2*1-2-6-4-3-5-1;;/h2*1-4H,(H,9,10);2*5-6H,1-4H2;2*1H2. The Morgan fingerprint density at radius 1 is 0.605 bits per heavy atom. The van der Waals surface area contributed by atoms with E-state index in [1.54, 1.807) is 0 Å². The fraction of sp³-hybridized carbons (Fsp3) is 0.364. The zero-order chi connectivity index (χ0) is 26.8. The Hall–Kier alpha value is -4.06. The number of carboxylic acids is 2. The van der Waals surface area contributed by atoms with E-state index in [9.17, 15) is 40.0 Å². The van der Waals surface area contributed by atoms with Crippen LogP contribution in [0.4, 0.5) is 11.4 Å². The van der Waals surface area contributed by atoms with Crippen molar-refractivity contribution in [3.8, 4) is 0 Å². The first-order valence-corrected chi connectivity index (χ1v) is 11.2. The van der Waals surface area contributed by atoms with Gasteiger partial charge in [0.15, 0.2) is 0 Å². The first kappa shape index (κ1) is 36.1. The Kier molecular flexibility index (Phi) is 20.0. The zero-order valence-electron chi connectivity index (χ0n) is 20.6. The minimum absolute atomic E-state index is 0. The van der Waals surface area contributed by atoms with Gasteiger partial charge in [0.05, 0.1) is 48.0 Å². The number of nitrogens with two attached hydrogens (primary N) is 2. The number of hydrogen-bond donors (Lipinski definition) is 4. The molecule has 0 saturated carbocycles. The summed E-state index contributed by atoms with van der Waals surface area (Å²) in [5.41, 5.74) is -0.416. The van der Waals surface area contributed by atoms with Crippen molar-refractivity contribution in [1.29, 1.82) is 0 Å². The molecule has 0 atom stereocenters. The molecule has 4 rings (SSSR count). The molecule has 0 amide bonds. The van der Waals surface area contributed by atoms with Gasteiger partial charge in [-0.25, -0.2) is 0 Å². The van der Waals surface area contributed by atoms with Crippen LogP contribution in [0.5, 0.6) is 0 Å². The molecule has 16 nitrogen and oxygen atoms in total. The fourth-order valence-electron chi connectivity index (χ4n) is 2.79. The summed E-state index contributed by atoms with van der Waals surface area (Å²) in [6.07, 6.45) is 0. The topological polar surface area (TPSA) is 287 Å². The highest BCUT2D eigenvalue weighted by atomic mass is 16.6. The summed E-state index contributed by atoms with van der Waals surface area (Å²) in [7, 11) is 0. The molecular formula is C22H34N6O10. The lowest BCUT2D eigenvalue weighted by molar-refractivity contribution is -0.657. The normalized spacial score (nSPS) is 13.5. The summed E-state index contributed by atoms with van der Waals surface area (Å²) in [6.45, 7) is 9.83. The van der Waals surface area contributed by atoms with E-state index in [1.165, 1.54) is 52.4 Å². The number of nitrogens with zero attached hydrogens (tertiary/aromatic N) is 2. The first-order valence-electron chi connectivity index (χ1n) is 11.2. The van der Waals surface area contributed by atoms with E-state index in [2.05, 4.69) is 21.3 Å². The number of piperazine rings is 2. The number of nitro groups is 2. The van der Waals surface area contributed by atoms with Gasteiger partial charge in [-0.05, 0) is 35.4 Å². The number of quaternary nitrogens is 2. The van der Waals surface area contributed by atoms with E-state index in [0.717, 1.165) is 48.5 Å². The van der Waals surface area contributed by atoms with Crippen molar-refractivity contribution in [2.24, 2.45) is 0 Å². The molecular weight excluding hydrogens is 508 g/mol. The second kappa shape index (κ2) is 21.1. The van der Waals surface area contributed by atoms with Crippen molar-refractivity contribution in [2.75, 3.05) is 52.4 Å². The maximum absolute atomic E-state index is 10.2. The molecule has 2 fully saturated rings. The molecule has 10 N–H and O–H groups in total. The second-order valence-electron chi connectivity index (χ2n) is 7.41. The molecule has 0 aromatic heterocycles. The van der Waals surface area contributed by atoms with Gasteiger partial charge in [0.2, 0.25) is 0 Å². The van der Waals surface area contributed by atoms with Gasteiger partial charge in [-0.3, -0.25) is 20.2 Å². The van der Waals surface area contributed by atoms with Gasteiger partial charge >= 0.3 is 0 Å². The van der Waals surface area contributed by atoms with Crippen molar-refractivity contribution in [2.45, 2.75) is 0 Å². The van der Waals surface area contributed by atoms with Crippen LogP contribution in [0, 0.1) is 20.2 Å². The average molecular weight is 543 g/mol. The van der Waals surface area contributed by atoms with Crippen LogP contribution in [0.2, 0.25) is 0 Å². The molecule has 2 aliphatic heterocycles. The SMILES string of the molecule is C1C[NH2+]CCN1.C1C[NH2+]CCN1.O.O.O=C([O-])c1ccc([N+](=O)[O-])cc1.O=C([O-])c1ccc([N+](=O)[O-])cc1. The molecule has 0 aliphatic carbocycles. The lowest BCUT2D eigenvalue weighted by atomic mass is 10.2. The van der Waals surface area contributed by atoms with E-state index in [-0.39, 0.29) is 33.5 Å². The summed E-state index contributed by atoms with van der Waals surface area (Å²) >= 11 is 0. The number of hydrogen-bond acceptors (Lipinski definition) is 10. The summed E-state index contributed by atoms with van der Waals surface area (Å²) < 4.78 is 0. The Labute approximate surface area is 218 Å². The fourth-order valence-corrected chi connectivity index (χ4v) is 2.79. The highest BCUT2D eigenvalue weighted by Gasteiger charge is 2.04. The van der Waals surface area contributed by atoms with Crippen LogP contribution < -0.4 is 31.5 Å². The molecule has 0 unspecified atom stereocenters. The van der Waals surface area contributed by atoms with Crippen molar-refractivity contribution in [3.05, 3.63) is 79.9 Å². The van der Waals surface area contributed by atoms with Crippen molar-refractivity contribution in [3.63, 3.8) is 0 Å². The molecule has 0 bridgehead atoms. The van der Waals surface area contributed by atoms with E-state index >= 15 is 0 Å². The quantitative estimate of drug-likeness (QED) is 0.210. The van der Waals surface area contributed by atoms with Crippen molar-refractivity contribution >= 4 is 23.3 Å². The Morgan fingerprint density at radius 2 is 0.868 bits per heavy atom. The van der Waals surface area contributed by atoms with Crippen LogP contribution >= 0.6 is 0 Å². The number of non-ortho nitro benzene ring substituents is 2. The number of rotatable bonds is 4. The monoisotopic (exact) mass is 542 g/mol. The van der Waals surface area contributed by atoms with Gasteiger partial charge in [-0.15, -0.1) is 0 Å². The maximum atomic E-state index is 10.2. The molecule has 2 aliphatic rings. The number of nitro benzene ring substituents is 2. The van der Waals surface area contributed by atoms with Gasteiger partial charge in [0.25, 0.3) is 11.4 Å². The Bertz CT molecular complexity index is 797. The molecule has 2 aromatic rings. The minimum Gasteiger partial charge on any atom is -0.545 e. The summed E-state index contributed by atoms with van der Waals surface area (Å²) in [4.78, 5) is 39.5. The molecule has 38 heavy (non-hydrogen) atoms. The van der Waals surface area contributed by atoms with Crippen LogP contribution in [-0.2, 0) is 0 Å². The minimum atomic E-state index is -1.34. The predicted molar refractivity (Wildman–Crippen MR) is 131 cm³/mol. The predicted octanol–water partition coefficient (Wildman–Crippen LogP) is -5.43. The van der Waals surface area contributed by atoms with Crippen LogP contribution in [0.1, 0.15) is 20.7 Å². The maximum Gasteiger partial charge on any atom is 0.269 e. The van der Waals surface area contributed by atoms with Crippen LogP contribution in [0.25, 0.3) is 0 Å². The van der Waals surface area contributed by atoms with E-state index in [4.69, 9.17) is 0 Å². The van der Waals surface area contributed by atoms with E-state index < -0.39 is 21.8 Å². The van der Waals surface area contributed by atoms with Gasteiger partial charge in [0.1, 0.15) is 0 Å². The lowest BCUT2D eigenvalue weighted by Gasteiger charge is -2.07. The lowest BCUT2D eigenvalue weighted by Crippen LogP contribution is -2.89. The third kappa shape index (κ3) is 15.8. The third-order valence-electron chi connectivity index (χ3n) is 4.73. The molecule has 2 aromatic carbocycles. The summed E-state index contributed by atoms with van der Waals surface area (Å²) in [5.74, 6) is -2.69. The number of aromatic carboxylic acids is 2. The third-order valence-corrected chi connectivity index (χ3v) is 4.73. The van der Waals surface area contributed by atoms with Gasteiger partial charge in [-0.1, -0.05) is 0 Å². The van der Waals surface area contributed by atoms with Crippen LogP contribution in [-0.4, -0.2) is 85.1 Å². The number of carbonyl (C=O) groups is 2. The van der Waals surface area contributed by atoms with Crippen LogP contribution in [0.15, 0.2) is 48.5 Å². The first-order chi connectivity index (χ1) is 17.2. The van der Waals surface area contributed by atoms with E-state index in [1.807, 2.05) is 0 Å². The number of carbonyl (C=O) groups excluding carboxylic acids is 2. The zero-order valence-corrected chi connectivity index (χ0v) is 20.6. The highest BCUT2D eigenvalue weighted by Crippen LogP contribution is 2.11. The molecule has 0 radical (unpaired) electrons. The molecule has 2 saturated heterocycles. The highest BCUT2D eigenvalue weighted by molar-refractivity contribution is 5.86. The van der Waals surface area contributed by atoms with Gasteiger partial charge < -0.3 is 52.0 Å². The number of benzene rings is 2. The summed E-state index contributed by atoms with van der Waals surface area (Å²) in [5, 5.41) is 51.8. The van der Waals surface area contributed by atoms with E-state index in [0.29, 0.717) is 0 Å². The van der Waals surface area contributed by atoms with Crippen LogP contribution in [0.3, 0.4) is 0 Å². The molecule has 0 spiro atoms. The number of nitrogens with one attached hydrogen (secondary N) is 2. The molecule has 212 valence electrons. The van der Waals surface area contributed by atoms with Gasteiger partial charge in [0, 0.05) is 50.4 Å². The average Bonchev–Trinajstić information content (AvgIpc) is 2.92. The van der Waals surface area contributed by atoms with Gasteiger partial charge in [-0.2, -0.15) is 0 Å². The van der Waals surface area contributed by atoms with Crippen molar-refractivity contribution in [1.82, 2.24) is 10.6 Å². The second-order valence-corrected chi connectivity index (χ2v) is 7.41. The number of carboxylic acid groups (broad SMARTS) is 2.